The molecule has 0 amide bonds. The van der Waals surface area contributed by atoms with Crippen LogP contribution in [0.3, 0.4) is 0 Å². The van der Waals surface area contributed by atoms with Gasteiger partial charge in [0.05, 0.1) is 0 Å². The van der Waals surface area contributed by atoms with Crippen molar-refractivity contribution in [2.45, 2.75) is 0 Å². The van der Waals surface area contributed by atoms with Crippen LogP contribution in [0.4, 0.5) is 0 Å². The molecule has 242 valence electrons. The molecule has 9 aromatic rings. The minimum Gasteiger partial charge on any atom is -0.454 e. The lowest BCUT2D eigenvalue weighted by atomic mass is 10.2. The molecule has 2 nitrogen and oxygen atoms in total. The highest BCUT2D eigenvalue weighted by molar-refractivity contribution is 7.21. The summed E-state index contributed by atoms with van der Waals surface area (Å²) in [7, 11) is -5.61. The number of hydrogen-bond donors (Lipinski definition) is 0. The van der Waals surface area contributed by atoms with E-state index in [2.05, 4.69) is 206 Å². The van der Waals surface area contributed by atoms with Crippen molar-refractivity contribution in [3.8, 4) is 0 Å². The molecule has 0 radical (unpaired) electrons. The Bertz CT molecular complexity index is 2360. The standard InChI is InChI=1S/C47H35NOSi2/c1-7-19-36(20-8-1)50(37-21-9-2-10-22-37,38-23-11-3-12-24-38)42-31-32-44-43(35-42)46-47(49-44)45(33-34-48-46)51(39-25-13-4-14-26-39,40-27-15-5-16-28-40)41-29-17-6-18-30-41/h1-35H. The highest BCUT2D eigenvalue weighted by atomic mass is 28.3. The van der Waals surface area contributed by atoms with Crippen molar-refractivity contribution in [3.05, 3.63) is 212 Å². The molecule has 4 heteroatoms. The van der Waals surface area contributed by atoms with E-state index in [-0.39, 0.29) is 0 Å². The summed E-state index contributed by atoms with van der Waals surface area (Å²) in [4.78, 5) is 5.11. The van der Waals surface area contributed by atoms with Crippen molar-refractivity contribution in [1.29, 1.82) is 0 Å². The number of aromatic nitrogens is 1. The van der Waals surface area contributed by atoms with E-state index in [1.54, 1.807) is 0 Å². The van der Waals surface area contributed by atoms with Gasteiger partial charge in [0.15, 0.2) is 21.7 Å². The second kappa shape index (κ2) is 13.0. The second-order valence-electron chi connectivity index (χ2n) is 13.0. The van der Waals surface area contributed by atoms with E-state index in [1.807, 2.05) is 6.20 Å². The van der Waals surface area contributed by atoms with Crippen LogP contribution >= 0.6 is 0 Å². The Morgan fingerprint density at radius 2 is 0.725 bits per heavy atom. The van der Waals surface area contributed by atoms with Crippen LogP contribution in [-0.2, 0) is 0 Å². The van der Waals surface area contributed by atoms with E-state index >= 15 is 0 Å². The Labute approximate surface area is 300 Å². The van der Waals surface area contributed by atoms with Gasteiger partial charge in [-0.25, -0.2) is 0 Å². The Morgan fingerprint density at radius 3 is 1.12 bits per heavy atom. The predicted octanol–water partition coefficient (Wildman–Crippen LogP) is 5.74. The molecule has 9 rings (SSSR count). The second-order valence-corrected chi connectivity index (χ2v) is 20.6. The van der Waals surface area contributed by atoms with Crippen molar-refractivity contribution < 1.29 is 4.42 Å². The summed E-state index contributed by atoms with van der Waals surface area (Å²) in [5, 5.41) is 11.5. The lowest BCUT2D eigenvalue weighted by Crippen LogP contribution is -2.74. The first kappa shape index (κ1) is 30.9. The third-order valence-electron chi connectivity index (χ3n) is 10.4. The van der Waals surface area contributed by atoms with Crippen molar-refractivity contribution in [1.82, 2.24) is 4.98 Å². The molecule has 0 spiro atoms. The number of fused-ring (bicyclic) bond motifs is 3. The third-order valence-corrected chi connectivity index (χ3v) is 20.0. The fourth-order valence-electron chi connectivity index (χ4n) is 8.28. The summed E-state index contributed by atoms with van der Waals surface area (Å²) in [6.07, 6.45) is 1.99. The van der Waals surface area contributed by atoms with Gasteiger partial charge in [-0.1, -0.05) is 188 Å². The number of hydrogen-bond acceptors (Lipinski definition) is 2. The topological polar surface area (TPSA) is 26.0 Å². The largest absolute Gasteiger partial charge is 0.454 e. The van der Waals surface area contributed by atoms with Gasteiger partial charge in [0.25, 0.3) is 0 Å². The van der Waals surface area contributed by atoms with Gasteiger partial charge in [-0.3, -0.25) is 4.98 Å². The molecule has 0 aliphatic heterocycles. The van der Waals surface area contributed by atoms with Crippen LogP contribution in [-0.4, -0.2) is 21.1 Å². The zero-order valence-electron chi connectivity index (χ0n) is 28.1. The lowest BCUT2D eigenvalue weighted by Gasteiger charge is -2.34. The monoisotopic (exact) mass is 685 g/mol. The van der Waals surface area contributed by atoms with E-state index in [1.165, 1.54) is 41.5 Å². The van der Waals surface area contributed by atoms with E-state index < -0.39 is 16.1 Å². The summed E-state index contributed by atoms with van der Waals surface area (Å²) in [6, 6.07) is 75.3. The highest BCUT2D eigenvalue weighted by Crippen LogP contribution is 2.28. The molecule has 0 saturated heterocycles. The number of rotatable bonds is 8. The van der Waals surface area contributed by atoms with Crippen LogP contribution in [0.15, 0.2) is 217 Å². The van der Waals surface area contributed by atoms with Gasteiger partial charge in [0, 0.05) is 16.8 Å². The number of pyridine rings is 1. The van der Waals surface area contributed by atoms with E-state index in [0.29, 0.717) is 0 Å². The normalized spacial score (nSPS) is 11.9. The average molecular weight is 686 g/mol. The summed E-state index contributed by atoms with van der Waals surface area (Å²) < 4.78 is 7.03. The van der Waals surface area contributed by atoms with Crippen LogP contribution < -0.4 is 41.5 Å². The molecule has 51 heavy (non-hydrogen) atoms. The molecule has 0 unspecified atom stereocenters. The van der Waals surface area contributed by atoms with Gasteiger partial charge in [-0.15, -0.1) is 0 Å². The van der Waals surface area contributed by atoms with Crippen LogP contribution in [0, 0.1) is 0 Å². The molecule has 0 saturated carbocycles. The Hall–Kier alpha value is -6.08. The van der Waals surface area contributed by atoms with Gasteiger partial charge in [0.1, 0.15) is 11.1 Å². The van der Waals surface area contributed by atoms with Crippen molar-refractivity contribution >= 4 is 79.7 Å². The molecule has 0 bridgehead atoms. The van der Waals surface area contributed by atoms with Crippen molar-refractivity contribution in [2.75, 3.05) is 0 Å². The summed E-state index contributed by atoms with van der Waals surface area (Å²) in [5.74, 6) is 0. The first-order valence-corrected chi connectivity index (χ1v) is 21.5. The molecule has 0 N–H and O–H groups in total. The maximum Gasteiger partial charge on any atom is 0.184 e. The summed E-state index contributed by atoms with van der Waals surface area (Å²) in [6.45, 7) is 0. The fraction of sp³-hybridized carbons (Fsp3) is 0. The fourth-order valence-corrected chi connectivity index (χ4v) is 17.9. The number of nitrogens with zero attached hydrogens (tertiary/aromatic N) is 1. The van der Waals surface area contributed by atoms with Crippen LogP contribution in [0.5, 0.6) is 0 Å². The minimum atomic E-state index is -2.86. The Morgan fingerprint density at radius 1 is 0.353 bits per heavy atom. The quantitative estimate of drug-likeness (QED) is 0.151. The predicted molar refractivity (Wildman–Crippen MR) is 219 cm³/mol. The Kier molecular flexibility index (Phi) is 7.88. The average Bonchev–Trinajstić information content (AvgIpc) is 3.60. The van der Waals surface area contributed by atoms with Crippen LogP contribution in [0.25, 0.3) is 22.1 Å². The summed E-state index contributed by atoms with van der Waals surface area (Å²) in [5.41, 5.74) is 2.61. The maximum atomic E-state index is 7.03. The van der Waals surface area contributed by atoms with Gasteiger partial charge in [0.2, 0.25) is 0 Å². The van der Waals surface area contributed by atoms with Gasteiger partial charge in [-0.05, 0) is 54.5 Å². The molecular formula is C47H35NOSi2. The maximum absolute atomic E-state index is 7.03. The highest BCUT2D eigenvalue weighted by Gasteiger charge is 2.45. The number of furan rings is 1. The first-order chi connectivity index (χ1) is 25.3. The Balaban J connectivity index is 1.37. The SMILES string of the molecule is c1ccc([Si](c2ccccc2)(c2ccccc2)c2ccc3oc4c([Si](c5ccccc5)(c5ccccc5)c5ccccc5)ccnc4c3c2)cc1. The van der Waals surface area contributed by atoms with Crippen LogP contribution in [0.1, 0.15) is 0 Å². The van der Waals surface area contributed by atoms with E-state index in [9.17, 15) is 0 Å². The van der Waals surface area contributed by atoms with Gasteiger partial charge < -0.3 is 4.42 Å². The van der Waals surface area contributed by atoms with Crippen molar-refractivity contribution in [3.63, 3.8) is 0 Å². The smallest absolute Gasteiger partial charge is 0.184 e. The third kappa shape index (κ3) is 4.95. The van der Waals surface area contributed by atoms with E-state index in [0.717, 1.165) is 22.1 Å². The first-order valence-electron chi connectivity index (χ1n) is 17.5. The zero-order chi connectivity index (χ0) is 34.1. The molecule has 0 aliphatic rings. The van der Waals surface area contributed by atoms with E-state index in [4.69, 9.17) is 9.40 Å². The molecule has 0 atom stereocenters. The minimum absolute atomic E-state index is 0.850. The van der Waals surface area contributed by atoms with Gasteiger partial charge >= 0.3 is 0 Å². The molecule has 2 aromatic heterocycles. The molecule has 0 aliphatic carbocycles. The molecule has 0 fully saturated rings. The molecular weight excluding hydrogens is 651 g/mol. The number of benzene rings is 7. The molecule has 2 heterocycles. The van der Waals surface area contributed by atoms with Gasteiger partial charge in [-0.2, -0.15) is 0 Å². The lowest BCUT2D eigenvalue weighted by molar-refractivity contribution is 0.670. The zero-order valence-corrected chi connectivity index (χ0v) is 30.1. The van der Waals surface area contributed by atoms with Crippen molar-refractivity contribution in [2.24, 2.45) is 0 Å². The van der Waals surface area contributed by atoms with Crippen LogP contribution in [0.2, 0.25) is 0 Å². The summed E-state index contributed by atoms with van der Waals surface area (Å²) >= 11 is 0. The molecule has 7 aromatic carbocycles.